The predicted octanol–water partition coefficient (Wildman–Crippen LogP) is 2.88. The maximum atomic E-state index is 14.2. The van der Waals surface area contributed by atoms with Gasteiger partial charge in [0.2, 0.25) is 5.91 Å². The van der Waals surface area contributed by atoms with Gasteiger partial charge in [-0.25, -0.2) is 17.8 Å². The van der Waals surface area contributed by atoms with Crippen molar-refractivity contribution in [3.63, 3.8) is 0 Å². The molecule has 170 valence electrons. The molecular weight excluding hydrogens is 453 g/mol. The van der Waals surface area contributed by atoms with Gasteiger partial charge in [0, 0.05) is 26.2 Å². The van der Waals surface area contributed by atoms with Crippen LogP contribution in [0.3, 0.4) is 0 Å². The minimum atomic E-state index is -3.83. The van der Waals surface area contributed by atoms with Gasteiger partial charge in [0.25, 0.3) is 0 Å². The van der Waals surface area contributed by atoms with Crippen LogP contribution in [0.5, 0.6) is 0 Å². The second-order valence-electron chi connectivity index (χ2n) is 7.65. The molecule has 2 heterocycles. The minimum absolute atomic E-state index is 0.0972. The van der Waals surface area contributed by atoms with Crippen LogP contribution >= 0.6 is 11.3 Å². The van der Waals surface area contributed by atoms with E-state index in [9.17, 15) is 17.6 Å². The first-order valence-corrected chi connectivity index (χ1v) is 12.8. The molecule has 3 aromatic rings. The normalized spacial score (nSPS) is 15.2. The van der Waals surface area contributed by atoms with Crippen molar-refractivity contribution in [2.75, 3.05) is 50.0 Å². The summed E-state index contributed by atoms with van der Waals surface area (Å²) in [5.41, 5.74) is 1.11. The minimum Gasteiger partial charge on any atom is -0.379 e. The van der Waals surface area contributed by atoms with Crippen LogP contribution in [0.25, 0.3) is 10.2 Å². The molecule has 1 fully saturated rings. The van der Waals surface area contributed by atoms with Crippen molar-refractivity contribution >= 4 is 42.4 Å². The maximum absolute atomic E-state index is 14.2. The van der Waals surface area contributed by atoms with Gasteiger partial charge in [-0.15, -0.1) is 0 Å². The topological polar surface area (TPSA) is 79.8 Å². The fourth-order valence-corrected chi connectivity index (χ4v) is 5.70. The van der Waals surface area contributed by atoms with E-state index in [2.05, 4.69) is 9.88 Å². The molecule has 0 unspecified atom stereocenters. The lowest BCUT2D eigenvalue weighted by Crippen LogP contribution is -2.44. The van der Waals surface area contributed by atoms with Gasteiger partial charge in [-0.05, 0) is 31.2 Å². The Hall–Kier alpha value is -2.40. The number of morpholine rings is 1. The van der Waals surface area contributed by atoms with Crippen LogP contribution in [0, 0.1) is 12.7 Å². The van der Waals surface area contributed by atoms with E-state index in [0.717, 1.165) is 18.7 Å². The van der Waals surface area contributed by atoms with E-state index in [0.29, 0.717) is 29.6 Å². The Bertz CT molecular complexity index is 1210. The first-order chi connectivity index (χ1) is 15.3. The van der Waals surface area contributed by atoms with Crippen molar-refractivity contribution in [3.05, 3.63) is 53.8 Å². The lowest BCUT2D eigenvalue weighted by atomic mass is 10.2. The Morgan fingerprint density at radius 3 is 2.59 bits per heavy atom. The molecule has 0 N–H and O–H groups in total. The van der Waals surface area contributed by atoms with Gasteiger partial charge >= 0.3 is 0 Å². The third kappa shape index (κ3) is 5.15. The van der Waals surface area contributed by atoms with Crippen molar-refractivity contribution in [2.24, 2.45) is 0 Å². The van der Waals surface area contributed by atoms with Gasteiger partial charge in [0.05, 0.1) is 22.8 Å². The van der Waals surface area contributed by atoms with E-state index in [4.69, 9.17) is 4.74 Å². The summed E-state index contributed by atoms with van der Waals surface area (Å²) >= 11 is 1.17. The highest BCUT2D eigenvalue weighted by Gasteiger charge is 2.27. The number of hydrogen-bond acceptors (Lipinski definition) is 7. The number of carbonyl (C=O) groups excluding carboxylic acids is 1. The Kier molecular flexibility index (Phi) is 6.85. The van der Waals surface area contributed by atoms with Crippen LogP contribution in [-0.2, 0) is 19.4 Å². The number of hydrogen-bond donors (Lipinski definition) is 0. The molecule has 0 spiro atoms. The number of thiazole rings is 1. The highest BCUT2D eigenvalue weighted by Crippen LogP contribution is 2.30. The second-order valence-corrected chi connectivity index (χ2v) is 10.7. The SMILES string of the molecule is Cc1ccc(S(=O)(=O)CC(=O)N(CCN2CCOCC2)c2nc3c(F)cccc3s2)cc1. The van der Waals surface area contributed by atoms with Crippen LogP contribution in [0.15, 0.2) is 47.4 Å². The largest absolute Gasteiger partial charge is 0.379 e. The number of benzene rings is 2. The van der Waals surface area contributed by atoms with Crippen molar-refractivity contribution in [3.8, 4) is 0 Å². The number of amides is 1. The van der Waals surface area contributed by atoms with E-state index < -0.39 is 27.3 Å². The summed E-state index contributed by atoms with van der Waals surface area (Å²) in [6, 6.07) is 11.0. The number of anilines is 1. The van der Waals surface area contributed by atoms with E-state index >= 15 is 0 Å². The van der Waals surface area contributed by atoms with Crippen molar-refractivity contribution in [1.29, 1.82) is 0 Å². The maximum Gasteiger partial charge on any atom is 0.244 e. The molecule has 1 aliphatic heterocycles. The number of aromatic nitrogens is 1. The number of aryl methyl sites for hydroxylation is 1. The highest BCUT2D eigenvalue weighted by molar-refractivity contribution is 7.92. The second kappa shape index (κ2) is 9.62. The molecule has 4 rings (SSSR count). The summed E-state index contributed by atoms with van der Waals surface area (Å²) in [6.07, 6.45) is 0. The monoisotopic (exact) mass is 477 g/mol. The molecule has 10 heteroatoms. The summed E-state index contributed by atoms with van der Waals surface area (Å²) < 4.78 is 45.9. The molecule has 1 saturated heterocycles. The number of halogens is 1. The van der Waals surface area contributed by atoms with Crippen LogP contribution in [0.1, 0.15) is 5.56 Å². The molecule has 1 aromatic heterocycles. The average molecular weight is 478 g/mol. The molecule has 0 bridgehead atoms. The molecule has 1 amide bonds. The molecule has 1 aliphatic rings. The smallest absolute Gasteiger partial charge is 0.244 e. The van der Waals surface area contributed by atoms with E-state index in [1.807, 2.05) is 6.92 Å². The van der Waals surface area contributed by atoms with E-state index in [1.165, 1.54) is 34.4 Å². The summed E-state index contributed by atoms with van der Waals surface area (Å²) in [7, 11) is -3.83. The van der Waals surface area contributed by atoms with Crippen molar-refractivity contribution < 1.29 is 22.3 Å². The predicted molar refractivity (Wildman–Crippen MR) is 122 cm³/mol. The summed E-state index contributed by atoms with van der Waals surface area (Å²) in [4.78, 5) is 21.1. The number of sulfone groups is 1. The van der Waals surface area contributed by atoms with Gasteiger partial charge < -0.3 is 4.74 Å². The Morgan fingerprint density at radius 2 is 1.91 bits per heavy atom. The van der Waals surface area contributed by atoms with Crippen LogP contribution < -0.4 is 4.90 Å². The zero-order valence-corrected chi connectivity index (χ0v) is 19.3. The third-order valence-corrected chi connectivity index (χ3v) is 7.99. The molecule has 32 heavy (non-hydrogen) atoms. The molecule has 0 radical (unpaired) electrons. The fraction of sp³-hybridized carbons (Fsp3) is 0.364. The van der Waals surface area contributed by atoms with Crippen LogP contribution in [-0.4, -0.2) is 69.4 Å². The van der Waals surface area contributed by atoms with Crippen molar-refractivity contribution in [2.45, 2.75) is 11.8 Å². The standard InChI is InChI=1S/C22H24FN3O4S2/c1-16-5-7-17(8-6-16)32(28,29)15-20(27)26(10-9-25-11-13-30-14-12-25)22-24-21-18(23)3-2-4-19(21)31-22/h2-8H,9-15H2,1H3. The van der Waals surface area contributed by atoms with Gasteiger partial charge in [-0.3, -0.25) is 14.6 Å². The highest BCUT2D eigenvalue weighted by atomic mass is 32.2. The molecule has 0 saturated carbocycles. The lowest BCUT2D eigenvalue weighted by Gasteiger charge is -2.29. The fourth-order valence-electron chi connectivity index (χ4n) is 3.48. The number of para-hydroxylation sites is 1. The summed E-state index contributed by atoms with van der Waals surface area (Å²) in [6.45, 7) is 5.35. The Balaban J connectivity index is 1.60. The molecule has 7 nitrogen and oxygen atoms in total. The van der Waals surface area contributed by atoms with Crippen LogP contribution in [0.2, 0.25) is 0 Å². The zero-order valence-electron chi connectivity index (χ0n) is 17.7. The quantitative estimate of drug-likeness (QED) is 0.521. The Labute approximate surface area is 190 Å². The number of rotatable bonds is 7. The van der Waals surface area contributed by atoms with E-state index in [-0.39, 0.29) is 17.0 Å². The first-order valence-electron chi connectivity index (χ1n) is 10.3. The van der Waals surface area contributed by atoms with Gasteiger partial charge in [0.15, 0.2) is 15.0 Å². The van der Waals surface area contributed by atoms with Crippen LogP contribution in [0.4, 0.5) is 9.52 Å². The Morgan fingerprint density at radius 1 is 1.19 bits per heavy atom. The summed E-state index contributed by atoms with van der Waals surface area (Å²) in [5, 5.41) is 0.294. The lowest BCUT2D eigenvalue weighted by molar-refractivity contribution is -0.116. The summed E-state index contributed by atoms with van der Waals surface area (Å²) in [5.74, 6) is -1.74. The first kappa shape index (κ1) is 22.8. The average Bonchev–Trinajstić information content (AvgIpc) is 3.20. The number of ether oxygens (including phenoxy) is 1. The zero-order chi connectivity index (χ0) is 22.7. The molecule has 2 aromatic carbocycles. The van der Waals surface area contributed by atoms with E-state index in [1.54, 1.807) is 24.3 Å². The third-order valence-electron chi connectivity index (χ3n) is 5.33. The molecular formula is C22H24FN3O4S2. The van der Waals surface area contributed by atoms with Crippen molar-refractivity contribution in [1.82, 2.24) is 9.88 Å². The number of carbonyl (C=O) groups is 1. The number of nitrogens with zero attached hydrogens (tertiary/aromatic N) is 3. The molecule has 0 atom stereocenters. The van der Waals surface area contributed by atoms with Gasteiger partial charge in [-0.2, -0.15) is 0 Å². The molecule has 0 aliphatic carbocycles. The number of fused-ring (bicyclic) bond motifs is 1. The van der Waals surface area contributed by atoms with Gasteiger partial charge in [-0.1, -0.05) is 35.1 Å². The van der Waals surface area contributed by atoms with Gasteiger partial charge in [0.1, 0.15) is 17.1 Å².